The summed E-state index contributed by atoms with van der Waals surface area (Å²) in [5.74, 6) is 1.92. The number of ether oxygens (including phenoxy) is 1. The highest BCUT2D eigenvalue weighted by Gasteiger charge is 2.26. The third-order valence-corrected chi connectivity index (χ3v) is 5.75. The molecule has 2 unspecified atom stereocenters. The van der Waals surface area contributed by atoms with Gasteiger partial charge in [-0.3, -0.25) is 0 Å². The van der Waals surface area contributed by atoms with E-state index in [1.54, 1.807) is 0 Å². The Kier molecular flexibility index (Phi) is 4.83. The van der Waals surface area contributed by atoms with Crippen molar-refractivity contribution in [1.82, 2.24) is 9.97 Å². The van der Waals surface area contributed by atoms with Gasteiger partial charge in [0.2, 0.25) is 0 Å². The predicted molar refractivity (Wildman–Crippen MR) is 113 cm³/mol. The zero-order valence-electron chi connectivity index (χ0n) is 16.1. The molecule has 28 heavy (non-hydrogen) atoms. The van der Waals surface area contributed by atoms with Crippen molar-refractivity contribution in [2.45, 2.75) is 37.8 Å². The summed E-state index contributed by atoms with van der Waals surface area (Å²) in [7, 11) is 0. The van der Waals surface area contributed by atoms with Crippen molar-refractivity contribution in [2.75, 3.05) is 29.9 Å². The molecule has 2 aliphatic heterocycles. The second-order valence-corrected chi connectivity index (χ2v) is 7.71. The lowest BCUT2D eigenvalue weighted by molar-refractivity contribution is 0.00975. The van der Waals surface area contributed by atoms with Crippen LogP contribution < -0.4 is 10.2 Å². The Balaban J connectivity index is 1.42. The van der Waals surface area contributed by atoms with Gasteiger partial charge in [-0.1, -0.05) is 42.5 Å². The van der Waals surface area contributed by atoms with Gasteiger partial charge in [-0.25, -0.2) is 9.97 Å². The first-order valence-electron chi connectivity index (χ1n) is 10.3. The van der Waals surface area contributed by atoms with Crippen molar-refractivity contribution in [2.24, 2.45) is 0 Å². The van der Waals surface area contributed by atoms with Crippen LogP contribution in [0.25, 0.3) is 11.0 Å². The minimum absolute atomic E-state index is 0.135. The van der Waals surface area contributed by atoms with Gasteiger partial charge in [0.05, 0.1) is 17.1 Å². The number of nitrogens with one attached hydrogen (secondary N) is 1. The number of aromatic nitrogens is 2. The van der Waals surface area contributed by atoms with Crippen LogP contribution in [0.5, 0.6) is 0 Å². The van der Waals surface area contributed by atoms with E-state index in [1.165, 1.54) is 18.4 Å². The minimum atomic E-state index is 0.135. The molecule has 3 aromatic rings. The van der Waals surface area contributed by atoms with Gasteiger partial charge < -0.3 is 15.0 Å². The molecule has 3 heterocycles. The number of nitrogens with zero attached hydrogens (tertiary/aromatic N) is 3. The molecule has 5 nitrogen and oxygen atoms in total. The topological polar surface area (TPSA) is 50.3 Å². The molecule has 1 N–H and O–H groups in total. The van der Waals surface area contributed by atoms with E-state index >= 15 is 0 Å². The van der Waals surface area contributed by atoms with E-state index in [0.717, 1.165) is 55.2 Å². The predicted octanol–water partition coefficient (Wildman–Crippen LogP) is 4.56. The molecule has 5 rings (SSSR count). The molecular weight excluding hydrogens is 348 g/mol. The number of anilines is 2. The normalized spacial score (nSPS) is 22.5. The maximum absolute atomic E-state index is 6.05. The van der Waals surface area contributed by atoms with Gasteiger partial charge in [0.25, 0.3) is 0 Å². The summed E-state index contributed by atoms with van der Waals surface area (Å²) in [4.78, 5) is 12.3. The Morgan fingerprint density at radius 2 is 1.61 bits per heavy atom. The minimum Gasteiger partial charge on any atom is -0.373 e. The summed E-state index contributed by atoms with van der Waals surface area (Å²) in [6, 6.07) is 19.0. The van der Waals surface area contributed by atoms with Crippen LogP contribution in [0.1, 0.15) is 37.4 Å². The maximum atomic E-state index is 6.05. The van der Waals surface area contributed by atoms with Gasteiger partial charge in [0.15, 0.2) is 11.6 Å². The molecule has 0 amide bonds. The summed E-state index contributed by atoms with van der Waals surface area (Å²) in [6.07, 6.45) is 4.51. The molecule has 0 bridgehead atoms. The van der Waals surface area contributed by atoms with Gasteiger partial charge in [0.1, 0.15) is 0 Å². The fraction of sp³-hybridized carbons (Fsp3) is 0.391. The fourth-order valence-electron chi connectivity index (χ4n) is 4.26. The lowest BCUT2D eigenvalue weighted by atomic mass is 9.97. The number of benzene rings is 2. The van der Waals surface area contributed by atoms with Crippen molar-refractivity contribution in [3.63, 3.8) is 0 Å². The molecule has 2 saturated heterocycles. The van der Waals surface area contributed by atoms with E-state index in [-0.39, 0.29) is 6.10 Å². The van der Waals surface area contributed by atoms with Crippen LogP contribution in [0, 0.1) is 0 Å². The molecule has 2 aliphatic rings. The standard InChI is InChI=1S/C23H26N4O/c1-2-8-17(9-3-1)21-16-18(12-15-28-21)24-22-23(27-13-6-7-14-27)26-20-11-5-4-10-19(20)25-22/h1-5,8-11,18,21H,6-7,12-16H2,(H,24,25). The first kappa shape index (κ1) is 17.4. The van der Waals surface area contributed by atoms with E-state index in [0.29, 0.717) is 6.04 Å². The van der Waals surface area contributed by atoms with Crippen LogP contribution in [0.3, 0.4) is 0 Å². The van der Waals surface area contributed by atoms with Crippen LogP contribution in [0.4, 0.5) is 11.6 Å². The highest BCUT2D eigenvalue weighted by atomic mass is 16.5. The molecule has 5 heteroatoms. The van der Waals surface area contributed by atoms with Gasteiger partial charge in [-0.2, -0.15) is 0 Å². The molecule has 2 atom stereocenters. The van der Waals surface area contributed by atoms with Gasteiger partial charge in [0, 0.05) is 25.7 Å². The molecule has 144 valence electrons. The van der Waals surface area contributed by atoms with Crippen LogP contribution >= 0.6 is 0 Å². The fourth-order valence-corrected chi connectivity index (χ4v) is 4.26. The molecule has 2 aromatic carbocycles. The number of rotatable bonds is 4. The number of hydrogen-bond donors (Lipinski definition) is 1. The molecule has 1 aromatic heterocycles. The maximum Gasteiger partial charge on any atom is 0.172 e. The molecule has 0 spiro atoms. The summed E-state index contributed by atoms with van der Waals surface area (Å²) in [5.41, 5.74) is 3.15. The van der Waals surface area contributed by atoms with E-state index in [4.69, 9.17) is 14.7 Å². The third-order valence-electron chi connectivity index (χ3n) is 5.75. The van der Waals surface area contributed by atoms with Crippen molar-refractivity contribution in [1.29, 1.82) is 0 Å². The van der Waals surface area contributed by atoms with Crippen LogP contribution in [0.2, 0.25) is 0 Å². The lowest BCUT2D eigenvalue weighted by Gasteiger charge is -2.32. The monoisotopic (exact) mass is 374 g/mol. The van der Waals surface area contributed by atoms with E-state index in [9.17, 15) is 0 Å². The molecule has 0 radical (unpaired) electrons. The van der Waals surface area contributed by atoms with Crippen LogP contribution in [0.15, 0.2) is 54.6 Å². The Bertz CT molecular complexity index is 940. The van der Waals surface area contributed by atoms with Crippen molar-refractivity contribution < 1.29 is 4.74 Å². The van der Waals surface area contributed by atoms with Crippen molar-refractivity contribution in [3.8, 4) is 0 Å². The van der Waals surface area contributed by atoms with Gasteiger partial charge >= 0.3 is 0 Å². The van der Waals surface area contributed by atoms with Gasteiger partial charge in [-0.15, -0.1) is 0 Å². The highest BCUT2D eigenvalue weighted by Crippen LogP contribution is 2.33. The van der Waals surface area contributed by atoms with Crippen LogP contribution in [-0.2, 0) is 4.74 Å². The molecule has 0 saturated carbocycles. The van der Waals surface area contributed by atoms with Crippen LogP contribution in [-0.4, -0.2) is 35.7 Å². The summed E-state index contributed by atoms with van der Waals surface area (Å²) in [6.45, 7) is 2.88. The van der Waals surface area contributed by atoms with E-state index in [1.807, 2.05) is 24.3 Å². The second-order valence-electron chi connectivity index (χ2n) is 7.71. The first-order chi connectivity index (χ1) is 13.9. The third kappa shape index (κ3) is 3.54. The summed E-state index contributed by atoms with van der Waals surface area (Å²) in [5, 5.41) is 3.72. The average Bonchev–Trinajstić information content (AvgIpc) is 3.29. The largest absolute Gasteiger partial charge is 0.373 e. The van der Waals surface area contributed by atoms with Crippen molar-refractivity contribution >= 4 is 22.7 Å². The first-order valence-corrected chi connectivity index (χ1v) is 10.3. The lowest BCUT2D eigenvalue weighted by Crippen LogP contribution is -2.31. The number of para-hydroxylation sites is 2. The quantitative estimate of drug-likeness (QED) is 0.725. The van der Waals surface area contributed by atoms with E-state index in [2.05, 4.69) is 40.5 Å². The summed E-state index contributed by atoms with van der Waals surface area (Å²) < 4.78 is 6.05. The zero-order chi connectivity index (χ0) is 18.8. The highest BCUT2D eigenvalue weighted by molar-refractivity contribution is 5.80. The molecular formula is C23H26N4O. The van der Waals surface area contributed by atoms with E-state index < -0.39 is 0 Å². The number of hydrogen-bond acceptors (Lipinski definition) is 5. The second kappa shape index (κ2) is 7.76. The Morgan fingerprint density at radius 1 is 0.893 bits per heavy atom. The smallest absolute Gasteiger partial charge is 0.172 e. The Labute approximate surface area is 165 Å². The zero-order valence-corrected chi connectivity index (χ0v) is 16.1. The van der Waals surface area contributed by atoms with Gasteiger partial charge in [-0.05, 0) is 43.4 Å². The Hall–Kier alpha value is -2.66. The number of fused-ring (bicyclic) bond motifs is 1. The van der Waals surface area contributed by atoms with Crippen molar-refractivity contribution in [3.05, 3.63) is 60.2 Å². The average molecular weight is 374 g/mol. The molecule has 2 fully saturated rings. The molecule has 0 aliphatic carbocycles. The summed E-state index contributed by atoms with van der Waals surface area (Å²) >= 11 is 0. The Morgan fingerprint density at radius 3 is 2.39 bits per heavy atom. The SMILES string of the molecule is c1ccc(C2CC(Nc3nc4ccccc4nc3N3CCCC3)CCO2)cc1.